The Morgan fingerprint density at radius 1 is 1.21 bits per heavy atom. The second-order valence-corrected chi connectivity index (χ2v) is 11.4. The molecule has 2 fully saturated rings. The molecular formula is C29H47ClN4O4. The summed E-state index contributed by atoms with van der Waals surface area (Å²) in [7, 11) is 1.93. The van der Waals surface area contributed by atoms with Crippen molar-refractivity contribution >= 4 is 23.7 Å². The molecule has 1 saturated heterocycles. The van der Waals surface area contributed by atoms with Crippen LogP contribution in [0.15, 0.2) is 24.3 Å². The number of rotatable bonds is 12. The van der Waals surface area contributed by atoms with Gasteiger partial charge in [-0.3, -0.25) is 0 Å². The number of alkyl carbamates (subject to hydrolysis) is 1. The Bertz CT molecular complexity index is 882. The van der Waals surface area contributed by atoms with Crippen molar-refractivity contribution in [3.8, 4) is 0 Å². The molecule has 0 radical (unpaired) electrons. The Kier molecular flexibility index (Phi) is 12.5. The molecular weight excluding hydrogens is 504 g/mol. The summed E-state index contributed by atoms with van der Waals surface area (Å²) in [5, 5.41) is 22.0. The molecule has 1 saturated carbocycles. The molecule has 3 amide bonds. The SMILES string of the molecule is CCOC(=O)NCCC[C@@](O)(c1cccc(Cl)c1)[C@@H]1CCCN(C(=O)N[C@H](CNC)CC2CCCCC2)C1. The van der Waals surface area contributed by atoms with Crippen LogP contribution in [0.1, 0.15) is 76.7 Å². The molecule has 1 heterocycles. The van der Waals surface area contributed by atoms with Crippen LogP contribution in [0.25, 0.3) is 0 Å². The third-order valence-electron chi connectivity index (χ3n) is 8.11. The van der Waals surface area contributed by atoms with Gasteiger partial charge in [0.2, 0.25) is 0 Å². The van der Waals surface area contributed by atoms with E-state index in [4.69, 9.17) is 16.3 Å². The summed E-state index contributed by atoms with van der Waals surface area (Å²) in [5.74, 6) is 0.525. The van der Waals surface area contributed by atoms with E-state index in [1.807, 2.05) is 30.1 Å². The van der Waals surface area contributed by atoms with Crippen LogP contribution < -0.4 is 16.0 Å². The van der Waals surface area contributed by atoms with Gasteiger partial charge < -0.3 is 30.7 Å². The van der Waals surface area contributed by atoms with E-state index in [0.29, 0.717) is 50.0 Å². The van der Waals surface area contributed by atoms with Crippen LogP contribution >= 0.6 is 11.6 Å². The predicted molar refractivity (Wildman–Crippen MR) is 151 cm³/mol. The van der Waals surface area contributed by atoms with Crippen molar-refractivity contribution in [2.45, 2.75) is 82.8 Å². The Hall–Kier alpha value is -2.03. The number of piperidine rings is 1. The second kappa shape index (κ2) is 15.5. The van der Waals surface area contributed by atoms with Gasteiger partial charge in [-0.2, -0.15) is 0 Å². The van der Waals surface area contributed by atoms with Gasteiger partial charge in [0.05, 0.1) is 12.2 Å². The number of carbonyl (C=O) groups is 2. The first-order valence-electron chi connectivity index (χ1n) is 14.4. The molecule has 1 aromatic rings. The lowest BCUT2D eigenvalue weighted by Gasteiger charge is -2.43. The molecule has 1 aliphatic carbocycles. The molecule has 9 heteroatoms. The van der Waals surface area contributed by atoms with Crippen molar-refractivity contribution in [1.29, 1.82) is 0 Å². The van der Waals surface area contributed by atoms with Gasteiger partial charge in [-0.25, -0.2) is 9.59 Å². The maximum Gasteiger partial charge on any atom is 0.407 e. The summed E-state index contributed by atoms with van der Waals surface area (Å²) < 4.78 is 4.94. The van der Waals surface area contributed by atoms with Crippen molar-refractivity contribution in [3.05, 3.63) is 34.9 Å². The van der Waals surface area contributed by atoms with Gasteiger partial charge in [0.1, 0.15) is 0 Å². The first-order chi connectivity index (χ1) is 18.4. The van der Waals surface area contributed by atoms with Crippen LogP contribution in [-0.2, 0) is 10.3 Å². The van der Waals surface area contributed by atoms with Crippen LogP contribution in [0.2, 0.25) is 5.02 Å². The Labute approximate surface area is 233 Å². The predicted octanol–water partition coefficient (Wildman–Crippen LogP) is 5.03. The molecule has 214 valence electrons. The minimum atomic E-state index is -1.17. The van der Waals surface area contributed by atoms with Crippen molar-refractivity contribution in [2.24, 2.45) is 11.8 Å². The van der Waals surface area contributed by atoms with Gasteiger partial charge in [0.25, 0.3) is 0 Å². The normalized spacial score (nSPS) is 20.8. The average Bonchev–Trinajstić information content (AvgIpc) is 2.92. The maximum absolute atomic E-state index is 13.4. The van der Waals surface area contributed by atoms with E-state index in [0.717, 1.165) is 31.4 Å². The monoisotopic (exact) mass is 550 g/mol. The smallest absolute Gasteiger partial charge is 0.407 e. The largest absolute Gasteiger partial charge is 0.450 e. The molecule has 38 heavy (non-hydrogen) atoms. The number of hydrogen-bond donors (Lipinski definition) is 4. The first kappa shape index (κ1) is 30.5. The number of halogens is 1. The number of nitrogens with zero attached hydrogens (tertiary/aromatic N) is 1. The Morgan fingerprint density at radius 2 is 2.00 bits per heavy atom. The topological polar surface area (TPSA) is 103 Å². The number of nitrogens with one attached hydrogen (secondary N) is 3. The fourth-order valence-electron chi connectivity index (χ4n) is 6.15. The number of aliphatic hydroxyl groups is 1. The van der Waals surface area contributed by atoms with Gasteiger partial charge in [0, 0.05) is 43.2 Å². The average molecular weight is 551 g/mol. The maximum atomic E-state index is 13.4. The molecule has 1 aliphatic heterocycles. The summed E-state index contributed by atoms with van der Waals surface area (Å²) in [5.41, 5.74) is -0.425. The standard InChI is InChI=1S/C29H47ClN4O4/c1-3-38-28(36)32-16-9-15-29(37,23-12-7-14-25(30)19-23)24-13-8-17-34(21-24)27(35)33-26(20-31-2)18-22-10-5-4-6-11-22/h7,12,14,19,22,24,26,31,37H,3-6,8-11,13,15-18,20-21H2,1-2H3,(H,32,36)(H,33,35)/t24-,26+,29-/m1/s1. The van der Waals surface area contributed by atoms with Crippen molar-refractivity contribution in [2.75, 3.05) is 39.8 Å². The highest BCUT2D eigenvalue weighted by molar-refractivity contribution is 6.30. The number of carbonyl (C=O) groups excluding carboxylic acids is 2. The summed E-state index contributed by atoms with van der Waals surface area (Å²) in [6.45, 7) is 4.36. The Balaban J connectivity index is 1.67. The van der Waals surface area contributed by atoms with Gasteiger partial charge in [-0.1, -0.05) is 55.8 Å². The highest BCUT2D eigenvalue weighted by Crippen LogP contribution is 2.40. The molecule has 0 unspecified atom stereocenters. The van der Waals surface area contributed by atoms with Crippen LogP contribution in [0.5, 0.6) is 0 Å². The molecule has 4 N–H and O–H groups in total. The number of amides is 3. The summed E-state index contributed by atoms with van der Waals surface area (Å²) in [6.07, 6.45) is 9.57. The summed E-state index contributed by atoms with van der Waals surface area (Å²) >= 11 is 6.31. The zero-order valence-electron chi connectivity index (χ0n) is 23.1. The molecule has 8 nitrogen and oxygen atoms in total. The van der Waals surface area contributed by atoms with Gasteiger partial charge in [0.15, 0.2) is 0 Å². The van der Waals surface area contributed by atoms with E-state index < -0.39 is 11.7 Å². The fraction of sp³-hybridized carbons (Fsp3) is 0.724. The quantitative estimate of drug-likeness (QED) is 0.273. The van der Waals surface area contributed by atoms with Gasteiger partial charge in [-0.05, 0) is 69.7 Å². The number of hydrogen-bond acceptors (Lipinski definition) is 5. The van der Waals surface area contributed by atoms with Crippen molar-refractivity contribution in [1.82, 2.24) is 20.9 Å². The van der Waals surface area contributed by atoms with Crippen molar-refractivity contribution in [3.63, 3.8) is 0 Å². The molecule has 0 spiro atoms. The summed E-state index contributed by atoms with van der Waals surface area (Å²) in [4.78, 5) is 27.0. The Morgan fingerprint density at radius 3 is 2.71 bits per heavy atom. The zero-order chi connectivity index (χ0) is 27.4. The molecule has 0 bridgehead atoms. The van der Waals surface area contributed by atoms with Crippen LogP contribution in [0.4, 0.5) is 9.59 Å². The molecule has 1 aromatic carbocycles. The number of benzene rings is 1. The molecule has 2 aliphatic rings. The lowest BCUT2D eigenvalue weighted by Crippen LogP contribution is -2.54. The van der Waals surface area contributed by atoms with Gasteiger partial charge >= 0.3 is 12.1 Å². The van der Waals surface area contributed by atoms with E-state index in [2.05, 4.69) is 16.0 Å². The second-order valence-electron chi connectivity index (χ2n) is 10.9. The molecule has 3 atom stereocenters. The minimum absolute atomic E-state index is 0.0526. The van der Waals surface area contributed by atoms with Crippen LogP contribution in [0.3, 0.4) is 0 Å². The first-order valence-corrected chi connectivity index (χ1v) is 14.8. The fourth-order valence-corrected chi connectivity index (χ4v) is 6.34. The number of urea groups is 1. The van der Waals surface area contributed by atoms with E-state index in [1.165, 1.54) is 32.1 Å². The number of likely N-dealkylation sites (N-methyl/N-ethyl adjacent to an activating group) is 1. The lowest BCUT2D eigenvalue weighted by atomic mass is 9.74. The zero-order valence-corrected chi connectivity index (χ0v) is 23.9. The lowest BCUT2D eigenvalue weighted by molar-refractivity contribution is -0.0552. The van der Waals surface area contributed by atoms with E-state index >= 15 is 0 Å². The number of likely N-dealkylation sites (tertiary alicyclic amines) is 1. The van der Waals surface area contributed by atoms with Crippen molar-refractivity contribution < 1.29 is 19.4 Å². The molecule has 0 aromatic heterocycles. The van der Waals surface area contributed by atoms with Gasteiger partial charge in [-0.15, -0.1) is 0 Å². The van der Waals surface area contributed by atoms with E-state index in [-0.39, 0.29) is 18.0 Å². The van der Waals surface area contributed by atoms with Crippen LogP contribution in [0, 0.1) is 11.8 Å². The minimum Gasteiger partial charge on any atom is -0.450 e. The highest BCUT2D eigenvalue weighted by atomic mass is 35.5. The number of ether oxygens (including phenoxy) is 1. The molecule has 3 rings (SSSR count). The van der Waals surface area contributed by atoms with E-state index in [9.17, 15) is 14.7 Å². The van der Waals surface area contributed by atoms with Crippen LogP contribution in [-0.4, -0.2) is 68.0 Å². The summed E-state index contributed by atoms with van der Waals surface area (Å²) in [6, 6.07) is 7.40. The highest BCUT2D eigenvalue weighted by Gasteiger charge is 2.41. The third-order valence-corrected chi connectivity index (χ3v) is 8.34. The third kappa shape index (κ3) is 9.02. The van der Waals surface area contributed by atoms with E-state index in [1.54, 1.807) is 13.0 Å².